The molecule has 2 fully saturated rings. The molecule has 34 heavy (non-hydrogen) atoms. The van der Waals surface area contributed by atoms with Gasteiger partial charge in [-0.3, -0.25) is 0 Å². The molecule has 0 spiro atoms. The number of nitrogens with zero attached hydrogens (tertiary/aromatic N) is 2. The topological polar surface area (TPSA) is 34.6 Å². The molecule has 0 unspecified atom stereocenters. The summed E-state index contributed by atoms with van der Waals surface area (Å²) in [4.78, 5) is 6.07. The lowest BCUT2D eigenvalue weighted by Crippen LogP contribution is -2.46. The molecule has 2 aliphatic rings. The predicted molar refractivity (Wildman–Crippen MR) is 114 cm³/mol. The van der Waals surface area contributed by atoms with Gasteiger partial charge in [0, 0.05) is 31.1 Å². The summed E-state index contributed by atoms with van der Waals surface area (Å²) < 4.78 is 89.7. The van der Waals surface area contributed by atoms with Crippen LogP contribution >= 0.6 is 0 Å². The van der Waals surface area contributed by atoms with Gasteiger partial charge in [-0.2, -0.15) is 26.3 Å². The SMILES string of the molecule is CC(C)=COc1cc(C(F)(F)F)ccc1O[C@H]1C[C@H]2CC[C@@H](C1)N2c1ccc(C(F)(F)F)cn1. The van der Waals surface area contributed by atoms with Crippen LogP contribution in [0.1, 0.15) is 50.7 Å². The Kier molecular flexibility index (Phi) is 6.44. The van der Waals surface area contributed by atoms with E-state index in [-0.39, 0.29) is 29.7 Å². The lowest BCUT2D eigenvalue weighted by molar-refractivity contribution is -0.138. The minimum Gasteiger partial charge on any atom is -0.486 e. The van der Waals surface area contributed by atoms with E-state index in [4.69, 9.17) is 9.47 Å². The number of piperidine rings is 1. The molecule has 4 rings (SSSR count). The van der Waals surface area contributed by atoms with Crippen LogP contribution in [0.2, 0.25) is 0 Å². The molecular weight excluding hydrogens is 462 g/mol. The van der Waals surface area contributed by atoms with Gasteiger partial charge in [0.15, 0.2) is 11.5 Å². The molecule has 2 aliphatic heterocycles. The summed E-state index contributed by atoms with van der Waals surface area (Å²) in [6.07, 6.45) is -4.21. The van der Waals surface area contributed by atoms with Gasteiger partial charge < -0.3 is 14.4 Å². The van der Waals surface area contributed by atoms with E-state index in [1.165, 1.54) is 18.4 Å². The van der Waals surface area contributed by atoms with Crippen LogP contribution in [0.3, 0.4) is 0 Å². The second kappa shape index (κ2) is 9.03. The number of hydrogen-bond donors (Lipinski definition) is 0. The number of alkyl halides is 6. The molecule has 2 aromatic rings. The lowest BCUT2D eigenvalue weighted by atomic mass is 9.99. The Labute approximate surface area is 193 Å². The Morgan fingerprint density at radius 2 is 1.53 bits per heavy atom. The predicted octanol–water partition coefficient (Wildman–Crippen LogP) is 7.00. The number of hydrogen-bond acceptors (Lipinski definition) is 4. The zero-order valence-corrected chi connectivity index (χ0v) is 18.6. The normalized spacial score (nSPS) is 22.5. The van der Waals surface area contributed by atoms with Crippen molar-refractivity contribution < 1.29 is 35.8 Å². The molecule has 2 bridgehead atoms. The maximum absolute atomic E-state index is 13.2. The highest BCUT2D eigenvalue weighted by atomic mass is 19.4. The van der Waals surface area contributed by atoms with Gasteiger partial charge in [-0.25, -0.2) is 4.98 Å². The summed E-state index contributed by atoms with van der Waals surface area (Å²) in [5, 5.41) is 0. The van der Waals surface area contributed by atoms with Crippen LogP contribution in [0.15, 0.2) is 48.4 Å². The van der Waals surface area contributed by atoms with Crippen molar-refractivity contribution in [1.29, 1.82) is 0 Å². The minimum atomic E-state index is -4.51. The van der Waals surface area contributed by atoms with E-state index in [2.05, 4.69) is 4.98 Å². The second-order valence-electron chi connectivity index (χ2n) is 8.88. The zero-order chi connectivity index (χ0) is 24.7. The summed E-state index contributed by atoms with van der Waals surface area (Å²) in [6, 6.07) is 5.60. The second-order valence-corrected chi connectivity index (χ2v) is 8.88. The van der Waals surface area contributed by atoms with E-state index in [0.717, 1.165) is 42.8 Å². The van der Waals surface area contributed by atoms with E-state index in [1.54, 1.807) is 13.8 Å². The largest absolute Gasteiger partial charge is 0.486 e. The molecule has 1 aromatic carbocycles. The molecule has 3 heterocycles. The molecule has 0 saturated carbocycles. The van der Waals surface area contributed by atoms with Crippen LogP contribution in [-0.2, 0) is 12.4 Å². The highest BCUT2D eigenvalue weighted by Gasteiger charge is 2.43. The van der Waals surface area contributed by atoms with Crippen LogP contribution in [0.4, 0.5) is 32.2 Å². The summed E-state index contributed by atoms with van der Waals surface area (Å²) in [6.45, 7) is 3.52. The van der Waals surface area contributed by atoms with Crippen molar-refractivity contribution in [3.05, 3.63) is 59.5 Å². The molecule has 0 amide bonds. The van der Waals surface area contributed by atoms with Crippen LogP contribution in [0.5, 0.6) is 11.5 Å². The van der Waals surface area contributed by atoms with Crippen molar-refractivity contribution in [3.63, 3.8) is 0 Å². The standard InChI is InChI=1S/C24H24F6N2O2/c1-14(2)13-33-21-9-15(23(25,26)27)3-7-20(21)34-19-10-17-5-6-18(11-19)32(17)22-8-4-16(12-31-22)24(28,29)30/h3-4,7-9,12-13,17-19H,5-6,10-11H2,1-2H3/t17-,18+,19+. The molecule has 1 aromatic heterocycles. The van der Waals surface area contributed by atoms with Crippen molar-refractivity contribution in [2.24, 2.45) is 0 Å². The summed E-state index contributed by atoms with van der Waals surface area (Å²) in [5.74, 6) is 0.687. The first-order valence-electron chi connectivity index (χ1n) is 10.9. The number of anilines is 1. The van der Waals surface area contributed by atoms with Crippen molar-refractivity contribution in [1.82, 2.24) is 4.98 Å². The summed E-state index contributed by atoms with van der Waals surface area (Å²) in [7, 11) is 0. The number of halogens is 6. The third-order valence-electron chi connectivity index (χ3n) is 6.02. The highest BCUT2D eigenvalue weighted by molar-refractivity contribution is 5.46. The monoisotopic (exact) mass is 486 g/mol. The van der Waals surface area contributed by atoms with Gasteiger partial charge in [-0.05, 0) is 62.6 Å². The zero-order valence-electron chi connectivity index (χ0n) is 18.6. The van der Waals surface area contributed by atoms with Gasteiger partial charge >= 0.3 is 12.4 Å². The lowest BCUT2D eigenvalue weighted by Gasteiger charge is -2.39. The Bertz CT molecular complexity index is 1030. The van der Waals surface area contributed by atoms with Crippen molar-refractivity contribution >= 4 is 5.82 Å². The molecule has 0 radical (unpaired) electrons. The highest BCUT2D eigenvalue weighted by Crippen LogP contribution is 2.42. The number of rotatable bonds is 5. The van der Waals surface area contributed by atoms with E-state index in [0.29, 0.717) is 18.7 Å². The summed E-state index contributed by atoms with van der Waals surface area (Å²) in [5.41, 5.74) is -0.855. The molecule has 3 atom stereocenters. The molecule has 0 N–H and O–H groups in total. The fraction of sp³-hybridized carbons (Fsp3) is 0.458. The fourth-order valence-electron chi connectivity index (χ4n) is 4.54. The van der Waals surface area contributed by atoms with Crippen LogP contribution in [0, 0.1) is 0 Å². The minimum absolute atomic E-state index is 0.0181. The smallest absolute Gasteiger partial charge is 0.417 e. The number of pyridine rings is 1. The number of fused-ring (bicyclic) bond motifs is 2. The Hall–Kier alpha value is -2.91. The van der Waals surface area contributed by atoms with Gasteiger partial charge in [0.1, 0.15) is 11.9 Å². The van der Waals surface area contributed by atoms with Crippen LogP contribution in [0.25, 0.3) is 0 Å². The third-order valence-corrected chi connectivity index (χ3v) is 6.02. The fourth-order valence-corrected chi connectivity index (χ4v) is 4.54. The summed E-state index contributed by atoms with van der Waals surface area (Å²) >= 11 is 0. The number of aromatic nitrogens is 1. The van der Waals surface area contributed by atoms with E-state index in [1.807, 2.05) is 4.90 Å². The first-order chi connectivity index (χ1) is 15.9. The van der Waals surface area contributed by atoms with Crippen molar-refractivity contribution in [2.45, 2.75) is 70.1 Å². The molecule has 10 heteroatoms. The van der Waals surface area contributed by atoms with Crippen LogP contribution in [-0.4, -0.2) is 23.2 Å². The van der Waals surface area contributed by atoms with E-state index in [9.17, 15) is 26.3 Å². The molecule has 2 saturated heterocycles. The first kappa shape index (κ1) is 24.2. The number of allylic oxidation sites excluding steroid dienone is 1. The average Bonchev–Trinajstić information content (AvgIpc) is 3.02. The third kappa shape index (κ3) is 5.26. The molecule has 184 valence electrons. The van der Waals surface area contributed by atoms with Crippen molar-refractivity contribution in [3.8, 4) is 11.5 Å². The number of benzene rings is 1. The van der Waals surface area contributed by atoms with Crippen molar-refractivity contribution in [2.75, 3.05) is 4.90 Å². The van der Waals surface area contributed by atoms with Crippen LogP contribution < -0.4 is 14.4 Å². The molecular formula is C24H24F6N2O2. The van der Waals surface area contributed by atoms with E-state index < -0.39 is 23.5 Å². The van der Waals surface area contributed by atoms with Gasteiger partial charge in [0.05, 0.1) is 17.4 Å². The van der Waals surface area contributed by atoms with Gasteiger partial charge in [0.2, 0.25) is 0 Å². The molecule has 0 aliphatic carbocycles. The average molecular weight is 486 g/mol. The number of ether oxygens (including phenoxy) is 2. The quantitative estimate of drug-likeness (QED) is 0.337. The Morgan fingerprint density at radius 3 is 2.06 bits per heavy atom. The molecule has 4 nitrogen and oxygen atoms in total. The van der Waals surface area contributed by atoms with E-state index >= 15 is 0 Å². The first-order valence-corrected chi connectivity index (χ1v) is 10.9. The maximum atomic E-state index is 13.2. The van der Waals surface area contributed by atoms with Gasteiger partial charge in [-0.1, -0.05) is 0 Å². The van der Waals surface area contributed by atoms with Gasteiger partial charge in [0.25, 0.3) is 0 Å². The maximum Gasteiger partial charge on any atom is 0.417 e. The Balaban J connectivity index is 1.50. The van der Waals surface area contributed by atoms with Gasteiger partial charge in [-0.15, -0.1) is 0 Å². The Morgan fingerprint density at radius 1 is 0.912 bits per heavy atom.